The molecule has 0 aromatic heterocycles. The van der Waals surface area contributed by atoms with Crippen molar-refractivity contribution in [3.8, 4) is 5.75 Å². The Labute approximate surface area is 137 Å². The number of benzene rings is 2. The molecule has 1 heterocycles. The molecule has 0 fully saturated rings. The van der Waals surface area contributed by atoms with Crippen molar-refractivity contribution in [1.29, 1.82) is 0 Å². The van der Waals surface area contributed by atoms with Crippen molar-refractivity contribution in [2.24, 2.45) is 0 Å². The molecule has 4 heteroatoms. The topological polar surface area (TPSA) is 9.23 Å². The minimum Gasteiger partial charge on any atom is -0.493 e. The number of rotatable bonds is 2. The fourth-order valence-electron chi connectivity index (χ4n) is 2.55. The van der Waals surface area contributed by atoms with Crippen molar-refractivity contribution in [2.75, 3.05) is 6.61 Å². The van der Waals surface area contributed by atoms with Crippen molar-refractivity contribution in [3.63, 3.8) is 0 Å². The van der Waals surface area contributed by atoms with E-state index in [1.54, 1.807) is 0 Å². The van der Waals surface area contributed by atoms with Crippen LogP contribution in [0.3, 0.4) is 0 Å². The maximum Gasteiger partial charge on any atom is 0.127 e. The molecule has 0 bridgehead atoms. The Morgan fingerprint density at radius 3 is 2.85 bits per heavy atom. The molecule has 0 radical (unpaired) electrons. The van der Waals surface area contributed by atoms with Crippen LogP contribution in [0.5, 0.6) is 5.75 Å². The first-order chi connectivity index (χ1) is 9.58. The Morgan fingerprint density at radius 2 is 2.05 bits per heavy atom. The number of fused-ring (bicyclic) bond motifs is 1. The summed E-state index contributed by atoms with van der Waals surface area (Å²) in [6.45, 7) is 2.75. The van der Waals surface area contributed by atoms with Gasteiger partial charge in [0.1, 0.15) is 5.75 Å². The van der Waals surface area contributed by atoms with Crippen LogP contribution in [0, 0.1) is 6.92 Å². The summed E-state index contributed by atoms with van der Waals surface area (Å²) in [6, 6.07) is 9.92. The molecule has 20 heavy (non-hydrogen) atoms. The van der Waals surface area contributed by atoms with Crippen LogP contribution in [0.15, 0.2) is 34.8 Å². The molecule has 0 saturated carbocycles. The molecule has 0 aliphatic carbocycles. The molecule has 1 aliphatic rings. The van der Waals surface area contributed by atoms with E-state index in [9.17, 15) is 0 Å². The SMILES string of the molecule is Cc1c(Br)cccc1C(Cl)c1cc(Cl)cc2c1OCC2. The lowest BCUT2D eigenvalue weighted by Crippen LogP contribution is -2.00. The first-order valence-corrected chi connectivity index (χ1v) is 8.03. The maximum absolute atomic E-state index is 6.71. The molecule has 104 valence electrons. The lowest BCUT2D eigenvalue weighted by molar-refractivity contribution is 0.353. The molecular weight excluding hydrogens is 359 g/mol. The minimum atomic E-state index is -0.266. The van der Waals surface area contributed by atoms with Crippen LogP contribution in [-0.2, 0) is 6.42 Å². The van der Waals surface area contributed by atoms with Gasteiger partial charge in [-0.1, -0.05) is 39.7 Å². The summed E-state index contributed by atoms with van der Waals surface area (Å²) in [4.78, 5) is 0. The van der Waals surface area contributed by atoms with Crippen LogP contribution >= 0.6 is 39.1 Å². The zero-order valence-corrected chi connectivity index (χ0v) is 14.0. The molecule has 1 atom stereocenters. The van der Waals surface area contributed by atoms with E-state index in [0.29, 0.717) is 11.6 Å². The predicted octanol–water partition coefficient (Wildman–Crippen LogP) is 5.67. The average molecular weight is 372 g/mol. The number of hydrogen-bond donors (Lipinski definition) is 0. The van der Waals surface area contributed by atoms with E-state index >= 15 is 0 Å². The monoisotopic (exact) mass is 370 g/mol. The van der Waals surface area contributed by atoms with E-state index < -0.39 is 0 Å². The van der Waals surface area contributed by atoms with E-state index in [1.807, 2.05) is 30.3 Å². The standard InChI is InChI=1S/C16H13BrCl2O/c1-9-12(3-2-4-14(9)17)15(19)13-8-11(18)7-10-5-6-20-16(10)13/h2-4,7-8,15H,5-6H2,1H3. The van der Waals surface area contributed by atoms with Gasteiger partial charge in [0.25, 0.3) is 0 Å². The summed E-state index contributed by atoms with van der Waals surface area (Å²) in [6.07, 6.45) is 0.893. The molecule has 3 rings (SSSR count). The van der Waals surface area contributed by atoms with Crippen molar-refractivity contribution in [2.45, 2.75) is 18.7 Å². The smallest absolute Gasteiger partial charge is 0.127 e. The van der Waals surface area contributed by atoms with Gasteiger partial charge in [0.15, 0.2) is 0 Å². The predicted molar refractivity (Wildman–Crippen MR) is 87.2 cm³/mol. The quantitative estimate of drug-likeness (QED) is 0.617. The third-order valence-corrected chi connectivity index (χ3v) is 5.18. The lowest BCUT2D eigenvalue weighted by atomic mass is 9.97. The second-order valence-corrected chi connectivity index (χ2v) is 6.63. The zero-order chi connectivity index (χ0) is 14.3. The third kappa shape index (κ3) is 2.45. The van der Waals surface area contributed by atoms with E-state index in [-0.39, 0.29) is 5.38 Å². The van der Waals surface area contributed by atoms with Crippen LogP contribution in [0.4, 0.5) is 0 Å². The van der Waals surface area contributed by atoms with Gasteiger partial charge < -0.3 is 4.74 Å². The number of halogens is 3. The van der Waals surface area contributed by atoms with Crippen molar-refractivity contribution >= 4 is 39.1 Å². The first kappa shape index (κ1) is 14.2. The van der Waals surface area contributed by atoms with Crippen LogP contribution in [-0.4, -0.2) is 6.61 Å². The third-order valence-electron chi connectivity index (χ3n) is 3.63. The molecule has 0 amide bonds. The summed E-state index contributed by atoms with van der Waals surface area (Å²) in [5, 5.41) is 0.445. The van der Waals surface area contributed by atoms with Gasteiger partial charge in [0, 0.05) is 21.5 Å². The molecule has 0 saturated heterocycles. The van der Waals surface area contributed by atoms with Crippen LogP contribution < -0.4 is 4.74 Å². The number of hydrogen-bond acceptors (Lipinski definition) is 1. The first-order valence-electron chi connectivity index (χ1n) is 6.42. The molecule has 0 N–H and O–H groups in total. The zero-order valence-electron chi connectivity index (χ0n) is 10.9. The Morgan fingerprint density at radius 1 is 1.25 bits per heavy atom. The molecule has 1 nitrogen and oxygen atoms in total. The molecule has 1 aliphatic heterocycles. The summed E-state index contributed by atoms with van der Waals surface area (Å²) < 4.78 is 6.80. The van der Waals surface area contributed by atoms with Crippen molar-refractivity contribution < 1.29 is 4.74 Å². The molecule has 2 aromatic carbocycles. The van der Waals surface area contributed by atoms with Crippen LogP contribution in [0.25, 0.3) is 0 Å². The minimum absolute atomic E-state index is 0.266. The summed E-state index contributed by atoms with van der Waals surface area (Å²) in [5.41, 5.74) is 4.30. The lowest BCUT2D eigenvalue weighted by Gasteiger charge is -2.17. The van der Waals surface area contributed by atoms with Gasteiger partial charge >= 0.3 is 0 Å². The maximum atomic E-state index is 6.71. The Bertz CT molecular complexity index is 670. The van der Waals surface area contributed by atoms with Crippen molar-refractivity contribution in [3.05, 3.63) is 62.1 Å². The van der Waals surface area contributed by atoms with Crippen LogP contribution in [0.1, 0.15) is 27.6 Å². The van der Waals surface area contributed by atoms with Gasteiger partial charge in [-0.2, -0.15) is 0 Å². The van der Waals surface area contributed by atoms with E-state index in [4.69, 9.17) is 27.9 Å². The average Bonchev–Trinajstić information content (AvgIpc) is 2.88. The van der Waals surface area contributed by atoms with Gasteiger partial charge in [-0.3, -0.25) is 0 Å². The molecule has 2 aromatic rings. The molecular formula is C16H13BrCl2O. The number of alkyl halides is 1. The van der Waals surface area contributed by atoms with Crippen LogP contribution in [0.2, 0.25) is 5.02 Å². The van der Waals surface area contributed by atoms with E-state index in [1.165, 1.54) is 0 Å². The largest absolute Gasteiger partial charge is 0.493 e. The second-order valence-electron chi connectivity index (χ2n) is 4.90. The molecule has 1 unspecified atom stereocenters. The number of ether oxygens (including phenoxy) is 1. The normalized spacial score (nSPS) is 14.8. The summed E-state index contributed by atoms with van der Waals surface area (Å²) in [5.74, 6) is 0.897. The van der Waals surface area contributed by atoms with E-state index in [0.717, 1.165) is 38.9 Å². The molecule has 0 spiro atoms. The second kappa shape index (κ2) is 5.59. The van der Waals surface area contributed by atoms with Gasteiger partial charge in [-0.05, 0) is 41.8 Å². The van der Waals surface area contributed by atoms with Crippen molar-refractivity contribution in [1.82, 2.24) is 0 Å². The Balaban J connectivity index is 2.11. The Hall–Kier alpha value is -0.700. The fraction of sp³-hybridized carbons (Fsp3) is 0.250. The summed E-state index contributed by atoms with van der Waals surface area (Å²) in [7, 11) is 0. The van der Waals surface area contributed by atoms with Gasteiger partial charge in [0.2, 0.25) is 0 Å². The highest BCUT2D eigenvalue weighted by Gasteiger charge is 2.24. The highest BCUT2D eigenvalue weighted by atomic mass is 79.9. The highest BCUT2D eigenvalue weighted by molar-refractivity contribution is 9.10. The van der Waals surface area contributed by atoms with Gasteiger partial charge in [-0.15, -0.1) is 11.6 Å². The highest BCUT2D eigenvalue weighted by Crippen LogP contribution is 2.42. The fourth-order valence-corrected chi connectivity index (χ4v) is 3.58. The summed E-state index contributed by atoms with van der Waals surface area (Å²) >= 11 is 16.5. The Kier molecular flexibility index (Phi) is 3.98. The van der Waals surface area contributed by atoms with Gasteiger partial charge in [-0.25, -0.2) is 0 Å². The van der Waals surface area contributed by atoms with E-state index in [2.05, 4.69) is 22.9 Å². The van der Waals surface area contributed by atoms with Gasteiger partial charge in [0.05, 0.1) is 12.0 Å².